The topological polar surface area (TPSA) is 91.4 Å². The van der Waals surface area contributed by atoms with Crippen molar-refractivity contribution in [1.29, 1.82) is 0 Å². The Kier molecular flexibility index (Phi) is 6.44. The molecule has 3 N–H and O–H groups in total. The molecule has 160 valence electrons. The Morgan fingerprint density at radius 3 is 2.90 bits per heavy atom. The number of rotatable bonds is 6. The normalized spacial score (nSPS) is 19.1. The van der Waals surface area contributed by atoms with Gasteiger partial charge in [0.05, 0.1) is 19.3 Å². The zero-order valence-electron chi connectivity index (χ0n) is 17.7. The van der Waals surface area contributed by atoms with Crippen LogP contribution in [0.4, 0.5) is 11.5 Å². The van der Waals surface area contributed by atoms with Gasteiger partial charge in [-0.3, -0.25) is 9.69 Å². The minimum Gasteiger partial charge on any atom is -0.497 e. The lowest BCUT2D eigenvalue weighted by atomic mass is 9.96. The van der Waals surface area contributed by atoms with Gasteiger partial charge in [0.15, 0.2) is 0 Å². The van der Waals surface area contributed by atoms with Gasteiger partial charge in [-0.25, -0.2) is 9.97 Å². The van der Waals surface area contributed by atoms with Crippen LogP contribution in [0.15, 0.2) is 24.3 Å². The predicted molar refractivity (Wildman–Crippen MR) is 117 cm³/mol. The van der Waals surface area contributed by atoms with E-state index in [1.54, 1.807) is 7.11 Å². The molecule has 8 heteroatoms. The molecule has 1 amide bonds. The number of nitrogens with zero attached hydrogens (tertiary/aromatic N) is 3. The number of fused-ring (bicyclic) bond motifs is 1. The highest BCUT2D eigenvalue weighted by Crippen LogP contribution is 2.28. The van der Waals surface area contributed by atoms with Gasteiger partial charge in [0.2, 0.25) is 5.91 Å². The summed E-state index contributed by atoms with van der Waals surface area (Å²) < 4.78 is 5.16. The maximum Gasteiger partial charge on any atom is 0.238 e. The standard InChI is InChI=1S/C22H30N6O2/c1-23-22-18-12-24-10-9-19(18)26-21(27-22)15-4-3-11-28(13-15)14-20(29)25-16-5-7-17(30-2)8-6-16/h5-8,15,24H,3-4,9-14H2,1-2H3,(H,25,29)(H,23,26,27)/t15-/m1/s1. The van der Waals surface area contributed by atoms with Crippen molar-refractivity contribution in [2.75, 3.05) is 51.0 Å². The molecule has 2 aliphatic heterocycles. The summed E-state index contributed by atoms with van der Waals surface area (Å²) in [5.74, 6) is 2.85. The first kappa shape index (κ1) is 20.6. The molecular formula is C22H30N6O2. The Morgan fingerprint density at radius 1 is 1.30 bits per heavy atom. The molecule has 0 bridgehead atoms. The van der Waals surface area contributed by atoms with Crippen molar-refractivity contribution in [3.8, 4) is 5.75 Å². The van der Waals surface area contributed by atoms with Gasteiger partial charge in [0, 0.05) is 50.3 Å². The van der Waals surface area contributed by atoms with Crippen molar-refractivity contribution in [2.24, 2.45) is 0 Å². The second-order valence-electron chi connectivity index (χ2n) is 7.88. The number of carbonyl (C=O) groups is 1. The number of piperidine rings is 1. The number of benzene rings is 1. The SMILES string of the molecule is CNc1nc([C@@H]2CCCN(CC(=O)Nc3ccc(OC)cc3)C2)nc2c1CNCC2. The summed E-state index contributed by atoms with van der Waals surface area (Å²) in [6.45, 7) is 3.86. The van der Waals surface area contributed by atoms with Gasteiger partial charge in [0.1, 0.15) is 17.4 Å². The van der Waals surface area contributed by atoms with Gasteiger partial charge >= 0.3 is 0 Å². The number of amides is 1. The number of nitrogens with one attached hydrogen (secondary N) is 3. The average Bonchev–Trinajstić information content (AvgIpc) is 2.79. The monoisotopic (exact) mass is 410 g/mol. The summed E-state index contributed by atoms with van der Waals surface area (Å²) in [6, 6.07) is 7.39. The summed E-state index contributed by atoms with van der Waals surface area (Å²) in [4.78, 5) is 24.5. The minimum atomic E-state index is -0.00540. The first-order valence-electron chi connectivity index (χ1n) is 10.6. The van der Waals surface area contributed by atoms with Crippen LogP contribution in [0.1, 0.15) is 35.8 Å². The number of carbonyl (C=O) groups excluding carboxylic acids is 1. The third kappa shape index (κ3) is 4.71. The van der Waals surface area contributed by atoms with Crippen molar-refractivity contribution >= 4 is 17.4 Å². The van der Waals surface area contributed by atoms with Gasteiger partial charge in [-0.15, -0.1) is 0 Å². The summed E-state index contributed by atoms with van der Waals surface area (Å²) in [5.41, 5.74) is 3.11. The van der Waals surface area contributed by atoms with Gasteiger partial charge in [0.25, 0.3) is 0 Å². The lowest BCUT2D eigenvalue weighted by Crippen LogP contribution is -2.40. The highest BCUT2D eigenvalue weighted by atomic mass is 16.5. The highest BCUT2D eigenvalue weighted by molar-refractivity contribution is 5.92. The third-order valence-corrected chi connectivity index (χ3v) is 5.80. The third-order valence-electron chi connectivity index (χ3n) is 5.80. The van der Waals surface area contributed by atoms with E-state index in [-0.39, 0.29) is 11.8 Å². The van der Waals surface area contributed by atoms with Crippen LogP contribution >= 0.6 is 0 Å². The number of hydrogen-bond donors (Lipinski definition) is 3. The maximum absolute atomic E-state index is 12.5. The zero-order valence-corrected chi connectivity index (χ0v) is 17.7. The number of aromatic nitrogens is 2. The highest BCUT2D eigenvalue weighted by Gasteiger charge is 2.27. The zero-order chi connectivity index (χ0) is 20.9. The second kappa shape index (κ2) is 9.40. The Bertz CT molecular complexity index is 869. The first-order valence-corrected chi connectivity index (χ1v) is 10.6. The van der Waals surface area contributed by atoms with E-state index in [0.29, 0.717) is 6.54 Å². The van der Waals surface area contributed by atoms with Crippen LogP contribution < -0.4 is 20.7 Å². The average molecular weight is 411 g/mol. The molecule has 0 spiro atoms. The Labute approximate surface area is 177 Å². The van der Waals surface area contributed by atoms with Crippen LogP contribution in [0.25, 0.3) is 0 Å². The van der Waals surface area contributed by atoms with E-state index >= 15 is 0 Å². The molecule has 3 heterocycles. The Morgan fingerprint density at radius 2 is 2.13 bits per heavy atom. The summed E-state index contributed by atoms with van der Waals surface area (Å²) in [6.07, 6.45) is 3.02. The quantitative estimate of drug-likeness (QED) is 0.671. The predicted octanol–water partition coefficient (Wildman–Crippen LogP) is 1.99. The fourth-order valence-corrected chi connectivity index (χ4v) is 4.24. The molecular weight excluding hydrogens is 380 g/mol. The molecule has 2 aromatic rings. The Hall–Kier alpha value is -2.71. The van der Waals surface area contributed by atoms with E-state index in [4.69, 9.17) is 14.7 Å². The largest absolute Gasteiger partial charge is 0.497 e. The number of anilines is 2. The van der Waals surface area contributed by atoms with Crippen LogP contribution in [0.3, 0.4) is 0 Å². The summed E-state index contributed by atoms with van der Waals surface area (Å²) >= 11 is 0. The number of likely N-dealkylation sites (tertiary alicyclic amines) is 1. The van der Waals surface area contributed by atoms with Crippen molar-refractivity contribution in [2.45, 2.75) is 31.7 Å². The summed E-state index contributed by atoms with van der Waals surface area (Å²) in [7, 11) is 3.54. The molecule has 8 nitrogen and oxygen atoms in total. The molecule has 0 aliphatic carbocycles. The van der Waals surface area contributed by atoms with Gasteiger partial charge < -0.3 is 20.7 Å². The van der Waals surface area contributed by atoms with Crippen LogP contribution in [0.2, 0.25) is 0 Å². The van der Waals surface area contributed by atoms with Crippen LogP contribution in [-0.2, 0) is 17.8 Å². The number of methoxy groups -OCH3 is 1. The Balaban J connectivity index is 1.40. The minimum absolute atomic E-state index is 0.00540. The molecule has 0 radical (unpaired) electrons. The van der Waals surface area contributed by atoms with Crippen molar-refractivity contribution in [3.05, 3.63) is 41.3 Å². The summed E-state index contributed by atoms with van der Waals surface area (Å²) in [5, 5.41) is 9.60. The van der Waals surface area contributed by atoms with Crippen LogP contribution in [-0.4, -0.2) is 61.1 Å². The van der Waals surface area contributed by atoms with E-state index in [1.165, 1.54) is 5.56 Å². The molecule has 1 aromatic heterocycles. The van der Waals surface area contributed by atoms with E-state index in [9.17, 15) is 4.79 Å². The molecule has 2 aliphatic rings. The molecule has 1 fully saturated rings. The lowest BCUT2D eigenvalue weighted by molar-refractivity contribution is -0.117. The molecule has 1 atom stereocenters. The molecule has 4 rings (SSSR count). The van der Waals surface area contributed by atoms with Crippen molar-refractivity contribution < 1.29 is 9.53 Å². The van der Waals surface area contributed by atoms with Crippen LogP contribution in [0, 0.1) is 0 Å². The number of hydrogen-bond acceptors (Lipinski definition) is 7. The van der Waals surface area contributed by atoms with Crippen molar-refractivity contribution in [3.63, 3.8) is 0 Å². The van der Waals surface area contributed by atoms with Gasteiger partial charge in [-0.2, -0.15) is 0 Å². The molecule has 1 saturated heterocycles. The van der Waals surface area contributed by atoms with Crippen LogP contribution in [0.5, 0.6) is 5.75 Å². The second-order valence-corrected chi connectivity index (χ2v) is 7.88. The molecule has 30 heavy (non-hydrogen) atoms. The lowest BCUT2D eigenvalue weighted by Gasteiger charge is -2.32. The van der Waals surface area contributed by atoms with E-state index in [2.05, 4.69) is 20.9 Å². The smallest absolute Gasteiger partial charge is 0.238 e. The molecule has 1 aromatic carbocycles. The van der Waals surface area contributed by atoms with E-state index < -0.39 is 0 Å². The van der Waals surface area contributed by atoms with E-state index in [0.717, 1.165) is 74.2 Å². The van der Waals surface area contributed by atoms with Gasteiger partial charge in [-0.05, 0) is 43.7 Å². The van der Waals surface area contributed by atoms with Gasteiger partial charge in [-0.1, -0.05) is 0 Å². The van der Waals surface area contributed by atoms with Crippen molar-refractivity contribution in [1.82, 2.24) is 20.2 Å². The molecule has 0 unspecified atom stereocenters. The maximum atomic E-state index is 12.5. The van der Waals surface area contributed by atoms with E-state index in [1.807, 2.05) is 31.3 Å². The number of ether oxygens (including phenoxy) is 1. The molecule has 0 saturated carbocycles. The fourth-order valence-electron chi connectivity index (χ4n) is 4.24. The fraction of sp³-hybridized carbons (Fsp3) is 0.500. The first-order chi connectivity index (χ1) is 14.7.